The largest absolute Gasteiger partial charge is 0.465 e. The first-order chi connectivity index (χ1) is 11.4. The fourth-order valence-corrected chi connectivity index (χ4v) is 3.03. The molecule has 0 bridgehead atoms. The van der Waals surface area contributed by atoms with Crippen LogP contribution in [0.4, 0.5) is 32.0 Å². The third kappa shape index (κ3) is 3.55. The first-order valence-electron chi connectivity index (χ1n) is 6.50. The van der Waals surface area contributed by atoms with E-state index in [-0.39, 0.29) is 22.6 Å². The molecular formula is C14H10F6N2O2S. The standard InChI is InChI=1S/C14H10F6N2O2S/c1-5-9(11-22-4-8(25-11)14(18,19)20)7(13(15,16)17)3-6(10(5)21)12(23)24-2/h3-4H,21H2,1-2H3. The summed E-state index contributed by atoms with van der Waals surface area (Å²) in [7, 11) is 0.967. The van der Waals surface area contributed by atoms with Crippen LogP contribution in [0, 0.1) is 6.92 Å². The van der Waals surface area contributed by atoms with E-state index in [0.29, 0.717) is 12.3 Å². The molecule has 0 fully saturated rings. The highest BCUT2D eigenvalue weighted by Gasteiger charge is 2.39. The third-order valence-corrected chi connectivity index (χ3v) is 4.40. The average molecular weight is 384 g/mol. The lowest BCUT2D eigenvalue weighted by Gasteiger charge is -2.18. The number of halogens is 6. The van der Waals surface area contributed by atoms with Crippen molar-refractivity contribution in [1.29, 1.82) is 0 Å². The Hall–Kier alpha value is -2.30. The van der Waals surface area contributed by atoms with Crippen molar-refractivity contribution < 1.29 is 35.9 Å². The number of hydrogen-bond acceptors (Lipinski definition) is 5. The van der Waals surface area contributed by atoms with Gasteiger partial charge in [-0.1, -0.05) is 0 Å². The molecule has 1 aromatic carbocycles. The fourth-order valence-electron chi connectivity index (χ4n) is 2.13. The van der Waals surface area contributed by atoms with Gasteiger partial charge in [-0.3, -0.25) is 0 Å². The van der Waals surface area contributed by atoms with E-state index >= 15 is 0 Å². The Morgan fingerprint density at radius 2 is 1.80 bits per heavy atom. The van der Waals surface area contributed by atoms with Gasteiger partial charge < -0.3 is 10.5 Å². The molecule has 0 saturated heterocycles. The summed E-state index contributed by atoms with van der Waals surface area (Å²) in [4.78, 5) is 13.9. The monoisotopic (exact) mass is 384 g/mol. The van der Waals surface area contributed by atoms with Gasteiger partial charge in [0.2, 0.25) is 0 Å². The minimum absolute atomic E-state index is 0.0582. The quantitative estimate of drug-likeness (QED) is 0.470. The number of carbonyl (C=O) groups is 1. The van der Waals surface area contributed by atoms with Crippen LogP contribution in [0.5, 0.6) is 0 Å². The number of aromatic nitrogens is 1. The van der Waals surface area contributed by atoms with Gasteiger partial charge in [-0.05, 0) is 18.6 Å². The van der Waals surface area contributed by atoms with Crippen LogP contribution in [0.3, 0.4) is 0 Å². The zero-order valence-electron chi connectivity index (χ0n) is 12.7. The van der Waals surface area contributed by atoms with E-state index in [0.717, 1.165) is 7.11 Å². The van der Waals surface area contributed by atoms with Crippen molar-refractivity contribution in [2.75, 3.05) is 12.8 Å². The molecule has 0 aliphatic rings. The lowest BCUT2D eigenvalue weighted by molar-refractivity contribution is -0.137. The molecule has 0 spiro atoms. The Kier molecular flexibility index (Phi) is 4.73. The van der Waals surface area contributed by atoms with Gasteiger partial charge in [0.05, 0.1) is 24.4 Å². The van der Waals surface area contributed by atoms with Gasteiger partial charge in [-0.2, -0.15) is 26.3 Å². The number of nitrogens with zero attached hydrogens (tertiary/aromatic N) is 1. The molecule has 0 amide bonds. The zero-order valence-corrected chi connectivity index (χ0v) is 13.5. The maximum Gasteiger partial charge on any atom is 0.427 e. The van der Waals surface area contributed by atoms with Gasteiger partial charge in [0, 0.05) is 11.3 Å². The van der Waals surface area contributed by atoms with Crippen LogP contribution in [0.2, 0.25) is 0 Å². The van der Waals surface area contributed by atoms with E-state index in [1.165, 1.54) is 6.92 Å². The van der Waals surface area contributed by atoms with Crippen molar-refractivity contribution in [3.8, 4) is 10.6 Å². The summed E-state index contributed by atoms with van der Waals surface area (Å²) in [5, 5.41) is -0.500. The molecule has 0 aliphatic carbocycles. The number of hydrogen-bond donors (Lipinski definition) is 1. The van der Waals surface area contributed by atoms with Gasteiger partial charge in [0.1, 0.15) is 9.88 Å². The van der Waals surface area contributed by atoms with Gasteiger partial charge in [0.15, 0.2) is 0 Å². The van der Waals surface area contributed by atoms with Gasteiger partial charge in [0.25, 0.3) is 0 Å². The highest BCUT2D eigenvalue weighted by molar-refractivity contribution is 7.15. The summed E-state index contributed by atoms with van der Waals surface area (Å²) in [5.74, 6) is -1.09. The van der Waals surface area contributed by atoms with Crippen molar-refractivity contribution in [3.63, 3.8) is 0 Å². The number of anilines is 1. The maximum absolute atomic E-state index is 13.4. The van der Waals surface area contributed by atoms with Crippen LogP contribution in [-0.4, -0.2) is 18.1 Å². The van der Waals surface area contributed by atoms with E-state index < -0.39 is 44.9 Å². The normalized spacial score (nSPS) is 12.3. The van der Waals surface area contributed by atoms with E-state index in [2.05, 4.69) is 9.72 Å². The molecule has 0 radical (unpaired) electrons. The minimum Gasteiger partial charge on any atom is -0.465 e. The van der Waals surface area contributed by atoms with Gasteiger partial charge in [-0.25, -0.2) is 9.78 Å². The van der Waals surface area contributed by atoms with Gasteiger partial charge >= 0.3 is 18.3 Å². The summed E-state index contributed by atoms with van der Waals surface area (Å²) in [6.07, 6.45) is -9.23. The Bertz CT molecular complexity index is 826. The molecule has 0 saturated carbocycles. The van der Waals surface area contributed by atoms with E-state index in [1.54, 1.807) is 0 Å². The molecule has 2 N–H and O–H groups in total. The second kappa shape index (κ2) is 6.21. The maximum atomic E-state index is 13.4. The molecular weight excluding hydrogens is 374 g/mol. The molecule has 2 aromatic rings. The summed E-state index contributed by atoms with van der Waals surface area (Å²) in [6, 6.07) is 0.457. The molecule has 0 unspecified atom stereocenters. The molecule has 136 valence electrons. The molecule has 25 heavy (non-hydrogen) atoms. The van der Waals surface area contributed by atoms with Crippen molar-refractivity contribution in [3.05, 3.63) is 33.8 Å². The number of esters is 1. The number of nitrogens with two attached hydrogens (primary N) is 1. The lowest BCUT2D eigenvalue weighted by Crippen LogP contribution is -2.14. The SMILES string of the molecule is COC(=O)c1cc(C(F)(F)F)c(-c2ncc(C(F)(F)F)s2)c(C)c1N. The van der Waals surface area contributed by atoms with Crippen LogP contribution < -0.4 is 5.73 Å². The van der Waals surface area contributed by atoms with Crippen LogP contribution in [0.1, 0.15) is 26.4 Å². The molecule has 4 nitrogen and oxygen atoms in total. The highest BCUT2D eigenvalue weighted by Crippen LogP contribution is 2.45. The zero-order chi connectivity index (χ0) is 19.2. The lowest BCUT2D eigenvalue weighted by atomic mass is 9.96. The van der Waals surface area contributed by atoms with Crippen molar-refractivity contribution in [2.45, 2.75) is 19.3 Å². The van der Waals surface area contributed by atoms with E-state index in [1.807, 2.05) is 0 Å². The highest BCUT2D eigenvalue weighted by atomic mass is 32.1. The third-order valence-electron chi connectivity index (χ3n) is 3.34. The summed E-state index contributed by atoms with van der Waals surface area (Å²) in [6.45, 7) is 1.17. The van der Waals surface area contributed by atoms with Crippen LogP contribution in [-0.2, 0) is 17.1 Å². The number of ether oxygens (including phenoxy) is 1. The Morgan fingerprint density at radius 1 is 1.20 bits per heavy atom. The Morgan fingerprint density at radius 3 is 2.24 bits per heavy atom. The molecule has 1 heterocycles. The predicted octanol–water partition coefficient (Wildman–Crippen LogP) is 4.52. The average Bonchev–Trinajstić information content (AvgIpc) is 2.97. The number of benzene rings is 1. The van der Waals surface area contributed by atoms with Crippen LogP contribution >= 0.6 is 11.3 Å². The Balaban J connectivity index is 2.79. The molecule has 2 rings (SSSR count). The fraction of sp³-hybridized carbons (Fsp3) is 0.286. The number of methoxy groups -OCH3 is 1. The second-order valence-electron chi connectivity index (χ2n) is 4.90. The number of carbonyl (C=O) groups excluding carboxylic acids is 1. The predicted molar refractivity (Wildman–Crippen MR) is 78.0 cm³/mol. The number of thiazole rings is 1. The van der Waals surface area contributed by atoms with Gasteiger partial charge in [-0.15, -0.1) is 11.3 Å². The van der Waals surface area contributed by atoms with Crippen molar-refractivity contribution >= 4 is 23.0 Å². The number of nitrogen functional groups attached to an aromatic ring is 1. The van der Waals surface area contributed by atoms with E-state index in [4.69, 9.17) is 5.73 Å². The van der Waals surface area contributed by atoms with Crippen molar-refractivity contribution in [2.24, 2.45) is 0 Å². The number of rotatable bonds is 2. The summed E-state index contributed by atoms with van der Waals surface area (Å²) in [5.41, 5.74) is 2.72. The summed E-state index contributed by atoms with van der Waals surface area (Å²) < 4.78 is 82.7. The smallest absolute Gasteiger partial charge is 0.427 e. The molecule has 1 aromatic heterocycles. The van der Waals surface area contributed by atoms with Crippen LogP contribution in [0.25, 0.3) is 10.6 Å². The minimum atomic E-state index is -4.94. The van der Waals surface area contributed by atoms with E-state index in [9.17, 15) is 31.1 Å². The summed E-state index contributed by atoms with van der Waals surface area (Å²) >= 11 is 0.0582. The topological polar surface area (TPSA) is 65.2 Å². The number of alkyl halides is 6. The molecule has 0 atom stereocenters. The first kappa shape index (κ1) is 19.0. The van der Waals surface area contributed by atoms with Crippen molar-refractivity contribution in [1.82, 2.24) is 4.98 Å². The Labute approximate surface area is 141 Å². The molecule has 11 heteroatoms. The first-order valence-corrected chi connectivity index (χ1v) is 7.31. The molecule has 0 aliphatic heterocycles. The second-order valence-corrected chi connectivity index (χ2v) is 5.93. The van der Waals surface area contributed by atoms with Crippen LogP contribution in [0.15, 0.2) is 12.3 Å².